The van der Waals surface area contributed by atoms with E-state index >= 15 is 0 Å². The van der Waals surface area contributed by atoms with E-state index in [4.69, 9.17) is 34.8 Å². The van der Waals surface area contributed by atoms with Gasteiger partial charge in [-0.15, -0.1) is 0 Å². The smallest absolute Gasteiger partial charge is 0.243 e. The highest BCUT2D eigenvalue weighted by molar-refractivity contribution is 7.89. The molecular weight excluding hydrogens is 486 g/mol. The highest BCUT2D eigenvalue weighted by Gasteiger charge is 2.28. The number of rotatable bonds is 7. The van der Waals surface area contributed by atoms with Crippen molar-refractivity contribution in [1.82, 2.24) is 4.31 Å². The van der Waals surface area contributed by atoms with Gasteiger partial charge >= 0.3 is 0 Å². The number of sulfonamides is 1. The monoisotopic (exact) mass is 500 g/mol. The van der Waals surface area contributed by atoms with Crippen molar-refractivity contribution in [2.45, 2.75) is 11.4 Å². The van der Waals surface area contributed by atoms with Crippen LogP contribution in [0.25, 0.3) is 0 Å². The Morgan fingerprint density at radius 3 is 2.16 bits per heavy atom. The molecule has 3 rings (SSSR count). The van der Waals surface area contributed by atoms with Crippen LogP contribution in [0.3, 0.4) is 0 Å². The summed E-state index contributed by atoms with van der Waals surface area (Å²) in [6.45, 7) is -0.803. The number of hydrogen-bond acceptors (Lipinski definition) is 3. The van der Waals surface area contributed by atoms with E-state index < -0.39 is 28.3 Å². The van der Waals surface area contributed by atoms with Crippen LogP contribution in [-0.2, 0) is 21.4 Å². The Labute approximate surface area is 194 Å². The number of benzene rings is 3. The zero-order chi connectivity index (χ0) is 22.6. The molecule has 3 aromatic carbocycles. The van der Waals surface area contributed by atoms with Gasteiger partial charge in [0.05, 0.1) is 11.4 Å². The zero-order valence-corrected chi connectivity index (χ0v) is 18.9. The zero-order valence-electron chi connectivity index (χ0n) is 15.9. The van der Waals surface area contributed by atoms with Crippen LogP contribution in [0.1, 0.15) is 5.56 Å². The van der Waals surface area contributed by atoms with Crippen molar-refractivity contribution < 1.29 is 17.6 Å². The molecule has 162 valence electrons. The predicted molar refractivity (Wildman–Crippen MR) is 121 cm³/mol. The summed E-state index contributed by atoms with van der Waals surface area (Å²) in [5.41, 5.74) is 0.548. The normalized spacial score (nSPS) is 11.5. The van der Waals surface area contributed by atoms with Crippen LogP contribution in [0.4, 0.5) is 10.1 Å². The highest BCUT2D eigenvalue weighted by atomic mass is 35.5. The number of nitrogens with one attached hydrogen (secondary N) is 1. The van der Waals surface area contributed by atoms with Crippen LogP contribution < -0.4 is 5.32 Å². The first-order valence-electron chi connectivity index (χ1n) is 8.91. The third-order valence-electron chi connectivity index (χ3n) is 4.28. The standard InChI is InChI=1S/C21H16Cl3FN2O3S/c22-14-7-9-17(10-8-14)31(29,30)27(12-18-19(23)5-2-6-20(18)24)13-21(28)26-16-4-1-3-15(25)11-16/h1-11H,12-13H2,(H,26,28). The lowest BCUT2D eigenvalue weighted by molar-refractivity contribution is -0.116. The molecule has 0 radical (unpaired) electrons. The lowest BCUT2D eigenvalue weighted by atomic mass is 10.2. The summed E-state index contributed by atoms with van der Waals surface area (Å²) >= 11 is 18.3. The molecule has 1 amide bonds. The van der Waals surface area contributed by atoms with Gasteiger partial charge in [-0.05, 0) is 54.6 Å². The number of carbonyl (C=O) groups is 1. The fraction of sp³-hybridized carbons (Fsp3) is 0.0952. The average molecular weight is 502 g/mol. The molecule has 0 fully saturated rings. The topological polar surface area (TPSA) is 66.5 Å². The van der Waals surface area contributed by atoms with Gasteiger partial charge in [0.15, 0.2) is 0 Å². The van der Waals surface area contributed by atoms with E-state index in [1.807, 2.05) is 0 Å². The number of hydrogen-bond donors (Lipinski definition) is 1. The van der Waals surface area contributed by atoms with Crippen LogP contribution in [-0.4, -0.2) is 25.2 Å². The lowest BCUT2D eigenvalue weighted by Gasteiger charge is -2.23. The van der Waals surface area contributed by atoms with Gasteiger partial charge in [-0.25, -0.2) is 12.8 Å². The molecule has 0 saturated heterocycles. The Morgan fingerprint density at radius 1 is 0.935 bits per heavy atom. The van der Waals surface area contributed by atoms with Crippen molar-refractivity contribution in [3.05, 3.63) is 93.2 Å². The lowest BCUT2D eigenvalue weighted by Crippen LogP contribution is -2.37. The molecule has 0 heterocycles. The van der Waals surface area contributed by atoms with Gasteiger partial charge in [-0.3, -0.25) is 4.79 Å². The first-order valence-corrected chi connectivity index (χ1v) is 11.5. The molecule has 0 aliphatic heterocycles. The van der Waals surface area contributed by atoms with Crippen molar-refractivity contribution >= 4 is 56.4 Å². The first kappa shape index (κ1) is 23.5. The molecule has 10 heteroatoms. The molecule has 31 heavy (non-hydrogen) atoms. The summed E-state index contributed by atoms with van der Waals surface area (Å²) in [6.07, 6.45) is 0. The molecular formula is C21H16Cl3FN2O3S. The van der Waals surface area contributed by atoms with E-state index in [2.05, 4.69) is 5.32 Å². The Balaban J connectivity index is 1.93. The minimum absolute atomic E-state index is 0.0568. The van der Waals surface area contributed by atoms with Gasteiger partial charge in [0.2, 0.25) is 15.9 Å². The maximum absolute atomic E-state index is 13.4. The van der Waals surface area contributed by atoms with Gasteiger partial charge in [0.25, 0.3) is 0 Å². The maximum Gasteiger partial charge on any atom is 0.243 e. The number of halogens is 4. The van der Waals surface area contributed by atoms with Crippen molar-refractivity contribution in [3.63, 3.8) is 0 Å². The molecule has 3 aromatic rings. The molecule has 0 saturated carbocycles. The van der Waals surface area contributed by atoms with Crippen molar-refractivity contribution in [1.29, 1.82) is 0 Å². The largest absolute Gasteiger partial charge is 0.325 e. The second-order valence-corrected chi connectivity index (χ2v) is 9.67. The number of anilines is 1. The van der Waals surface area contributed by atoms with Gasteiger partial charge in [-0.2, -0.15) is 4.31 Å². The minimum Gasteiger partial charge on any atom is -0.325 e. The van der Waals surface area contributed by atoms with Crippen molar-refractivity contribution in [2.24, 2.45) is 0 Å². The maximum atomic E-state index is 13.4. The van der Waals surface area contributed by atoms with Crippen molar-refractivity contribution in [3.8, 4) is 0 Å². The molecule has 0 aliphatic carbocycles. The van der Waals surface area contributed by atoms with E-state index in [1.54, 1.807) is 18.2 Å². The Hall–Kier alpha value is -2.16. The van der Waals surface area contributed by atoms with Crippen LogP contribution in [0.15, 0.2) is 71.6 Å². The predicted octanol–water partition coefficient (Wildman–Crippen LogP) is 5.62. The second-order valence-electron chi connectivity index (χ2n) is 6.49. The Kier molecular flexibility index (Phi) is 7.56. The van der Waals surface area contributed by atoms with E-state index in [-0.39, 0.29) is 27.2 Å². The SMILES string of the molecule is O=C(CN(Cc1c(Cl)cccc1Cl)S(=O)(=O)c1ccc(Cl)cc1)Nc1cccc(F)c1. The molecule has 0 aromatic heterocycles. The summed E-state index contributed by atoms with van der Waals surface area (Å²) < 4.78 is 40.9. The molecule has 0 spiro atoms. The quantitative estimate of drug-likeness (QED) is 0.457. The number of carbonyl (C=O) groups excluding carboxylic acids is 1. The summed E-state index contributed by atoms with van der Waals surface area (Å²) in [5, 5.41) is 3.37. The van der Waals surface area contributed by atoms with Crippen molar-refractivity contribution in [2.75, 3.05) is 11.9 Å². The summed E-state index contributed by atoms with van der Waals surface area (Å²) in [7, 11) is -4.12. The Bertz CT molecular complexity index is 1180. The molecule has 0 unspecified atom stereocenters. The molecule has 0 atom stereocenters. The van der Waals surface area contributed by atoms with Gasteiger partial charge < -0.3 is 5.32 Å². The minimum atomic E-state index is -4.12. The highest BCUT2D eigenvalue weighted by Crippen LogP contribution is 2.28. The van der Waals surface area contributed by atoms with E-state index in [9.17, 15) is 17.6 Å². The summed E-state index contributed by atoms with van der Waals surface area (Å²) in [5.74, 6) is -1.20. The van der Waals surface area contributed by atoms with Gasteiger partial charge in [0, 0.05) is 32.9 Å². The van der Waals surface area contributed by atoms with Crippen LogP contribution in [0.5, 0.6) is 0 Å². The van der Waals surface area contributed by atoms with Gasteiger partial charge in [0.1, 0.15) is 5.82 Å². The molecule has 0 aliphatic rings. The van der Waals surface area contributed by atoms with E-state index in [0.29, 0.717) is 10.6 Å². The van der Waals surface area contributed by atoms with Crippen LogP contribution in [0, 0.1) is 5.82 Å². The summed E-state index contributed by atoms with van der Waals surface area (Å²) in [4.78, 5) is 12.5. The molecule has 5 nitrogen and oxygen atoms in total. The fourth-order valence-corrected chi connectivity index (χ4v) is 4.78. The Morgan fingerprint density at radius 2 is 1.55 bits per heavy atom. The number of nitrogens with zero attached hydrogens (tertiary/aromatic N) is 1. The average Bonchev–Trinajstić information content (AvgIpc) is 2.70. The van der Waals surface area contributed by atoms with Gasteiger partial charge in [-0.1, -0.05) is 46.9 Å². The third kappa shape index (κ3) is 5.96. The number of amides is 1. The second kappa shape index (κ2) is 9.97. The third-order valence-corrected chi connectivity index (χ3v) is 7.04. The van der Waals surface area contributed by atoms with Crippen LogP contribution in [0.2, 0.25) is 15.1 Å². The first-order chi connectivity index (χ1) is 14.7. The van der Waals surface area contributed by atoms with E-state index in [0.717, 1.165) is 10.4 Å². The fourth-order valence-electron chi connectivity index (χ4n) is 2.77. The summed E-state index contributed by atoms with van der Waals surface area (Å²) in [6, 6.07) is 15.6. The van der Waals surface area contributed by atoms with E-state index in [1.165, 1.54) is 42.5 Å². The molecule has 1 N–H and O–H groups in total. The molecule has 0 bridgehead atoms. The van der Waals surface area contributed by atoms with Crippen LogP contribution >= 0.6 is 34.8 Å².